The first-order valence-electron chi connectivity index (χ1n) is 15.8. The molecule has 0 saturated carbocycles. The zero-order valence-electron chi connectivity index (χ0n) is 25.7. The van der Waals surface area contributed by atoms with Crippen molar-refractivity contribution in [2.75, 3.05) is 37.0 Å². The van der Waals surface area contributed by atoms with Gasteiger partial charge in [0.1, 0.15) is 0 Å². The molecule has 2 aromatic carbocycles. The molecule has 0 nitrogen and oxygen atoms in total. The maximum absolute atomic E-state index is 2.32. The Morgan fingerprint density at radius 1 is 0.459 bits per heavy atom. The van der Waals surface area contributed by atoms with Crippen molar-refractivity contribution in [3.8, 4) is 11.1 Å². The van der Waals surface area contributed by atoms with Gasteiger partial charge < -0.3 is 0 Å². The fourth-order valence-electron chi connectivity index (χ4n) is 4.44. The minimum Gasteiger partial charge on any atom is -0.239 e. The van der Waals surface area contributed by atoms with Crippen LogP contribution in [0.2, 0.25) is 0 Å². The average Bonchev–Trinajstić information content (AvgIpc) is 3.63. The van der Waals surface area contributed by atoms with Crippen LogP contribution in [0.15, 0.2) is 48.5 Å². The summed E-state index contributed by atoms with van der Waals surface area (Å²) in [5, 5.41) is 0. The van der Waals surface area contributed by atoms with Crippen LogP contribution < -0.4 is 0 Å². The van der Waals surface area contributed by atoms with E-state index >= 15 is 0 Å². The molecule has 0 fully saturated rings. The van der Waals surface area contributed by atoms with Crippen LogP contribution in [0.5, 0.6) is 0 Å². The van der Waals surface area contributed by atoms with Crippen LogP contribution in [0.25, 0.3) is 11.1 Å². The zero-order valence-corrected chi connectivity index (χ0v) is 29.2. The third-order valence-electron chi connectivity index (χ3n) is 6.96. The summed E-state index contributed by atoms with van der Waals surface area (Å²) in [5.41, 5.74) is 2.62. The van der Waals surface area contributed by atoms with Gasteiger partial charge in [0.15, 0.2) is 0 Å². The molecule has 0 N–H and O–H groups in total. The molecule has 2 aromatic rings. The predicted molar refractivity (Wildman–Crippen MR) is 178 cm³/mol. The van der Waals surface area contributed by atoms with Crippen LogP contribution in [0.3, 0.4) is 0 Å². The second-order valence-corrected chi connectivity index (χ2v) is 16.5. The van der Waals surface area contributed by atoms with Crippen LogP contribution >= 0.6 is 15.8 Å². The molecule has 3 heteroatoms. The maximum Gasteiger partial charge on any atom is 2.00 e. The Morgan fingerprint density at radius 2 is 0.703 bits per heavy atom. The molecular formula is C34H64P2Pd+2. The number of rotatable bonds is 19. The smallest absolute Gasteiger partial charge is 0.239 e. The van der Waals surface area contributed by atoms with Crippen molar-refractivity contribution in [2.24, 2.45) is 0 Å². The molecule has 0 unspecified atom stereocenters. The van der Waals surface area contributed by atoms with Crippen molar-refractivity contribution in [3.05, 3.63) is 48.5 Å². The summed E-state index contributed by atoms with van der Waals surface area (Å²) in [6.45, 7) is 13.9. The van der Waals surface area contributed by atoms with Gasteiger partial charge in [-0.15, -0.1) is 0 Å². The van der Waals surface area contributed by atoms with E-state index in [0.717, 1.165) is 0 Å². The number of hydrogen-bond acceptors (Lipinski definition) is 0. The molecule has 0 saturated heterocycles. The van der Waals surface area contributed by atoms with Gasteiger partial charge in [0.25, 0.3) is 0 Å². The number of unbranched alkanes of at least 4 members (excludes halogenated alkanes) is 6. The molecule has 0 aliphatic carbocycles. The van der Waals surface area contributed by atoms with Gasteiger partial charge in [-0.05, 0) is 38.5 Å². The van der Waals surface area contributed by atoms with Crippen LogP contribution in [0.4, 0.5) is 0 Å². The normalized spacial score (nSPS) is 10.5. The van der Waals surface area contributed by atoms with Gasteiger partial charge in [0.2, 0.25) is 0 Å². The summed E-state index contributed by atoms with van der Waals surface area (Å²) in [7, 11) is 0.135. The summed E-state index contributed by atoms with van der Waals surface area (Å²) in [6, 6.07) is 16.7. The van der Waals surface area contributed by atoms with E-state index in [2.05, 4.69) is 90.1 Å². The molecular weight excluding hydrogens is 577 g/mol. The van der Waals surface area contributed by atoms with Crippen molar-refractivity contribution < 1.29 is 20.4 Å². The van der Waals surface area contributed by atoms with E-state index in [0.29, 0.717) is 0 Å². The van der Waals surface area contributed by atoms with Gasteiger partial charge in [-0.3, -0.25) is 0 Å². The number of hydrogen-bond donors (Lipinski definition) is 0. The van der Waals surface area contributed by atoms with Crippen molar-refractivity contribution in [1.29, 1.82) is 0 Å². The molecule has 0 spiro atoms. The standard InChI is InChI=1S/2C12H27P.C10H8.Pd/c2*1-4-7-10-13(11-8-5-2)12-9-6-3;1-2-6-9(5-1)10-7-3-4-8-10;/h2*4-12H2,1-3H3;1-8H;/q;;-2;+2/p+2. The monoisotopic (exact) mass is 640 g/mol. The Bertz CT molecular complexity index is 526. The van der Waals surface area contributed by atoms with Crippen molar-refractivity contribution in [2.45, 2.75) is 119 Å². The fraction of sp³-hybridized carbons (Fsp3) is 0.706. The van der Waals surface area contributed by atoms with E-state index in [4.69, 9.17) is 0 Å². The summed E-state index contributed by atoms with van der Waals surface area (Å²) in [6.07, 6.45) is 26.8. The molecule has 0 amide bonds. The van der Waals surface area contributed by atoms with Gasteiger partial charge in [0.05, 0.1) is 37.0 Å². The van der Waals surface area contributed by atoms with Gasteiger partial charge in [-0.1, -0.05) is 80.1 Å². The Kier molecular flexibility index (Phi) is 32.7. The molecule has 0 aliphatic rings. The Morgan fingerprint density at radius 3 is 0.865 bits per heavy atom. The third kappa shape index (κ3) is 23.8. The Balaban J connectivity index is 0. The second kappa shape index (κ2) is 30.8. The molecule has 2 rings (SSSR count). The van der Waals surface area contributed by atoms with E-state index in [1.165, 1.54) is 88.2 Å². The first kappa shape index (κ1) is 39.4. The zero-order chi connectivity index (χ0) is 26.7. The van der Waals surface area contributed by atoms with Crippen LogP contribution in [0.1, 0.15) is 119 Å². The van der Waals surface area contributed by atoms with Crippen LogP contribution in [-0.4, -0.2) is 37.0 Å². The van der Waals surface area contributed by atoms with Crippen molar-refractivity contribution >= 4 is 15.8 Å². The third-order valence-corrected chi connectivity index (χ3v) is 13.3. The first-order valence-corrected chi connectivity index (χ1v) is 20.0. The van der Waals surface area contributed by atoms with Gasteiger partial charge in [-0.2, -0.15) is 36.4 Å². The SMILES string of the molecule is CCCC[PH+](CCCC)CCCC.CCCC[PH+](CCCC)CCCC.[Pd+2].c1cc(-c2cc[cH-]c2)c[cH-]1. The Labute approximate surface area is 250 Å². The fourth-order valence-corrected chi connectivity index (χ4v) is 11.1. The largest absolute Gasteiger partial charge is 2.00 e. The molecule has 218 valence electrons. The maximum atomic E-state index is 2.32. The van der Waals surface area contributed by atoms with Crippen LogP contribution in [-0.2, 0) is 20.4 Å². The summed E-state index contributed by atoms with van der Waals surface area (Å²) in [4.78, 5) is 0. The molecule has 0 aromatic heterocycles. The second-order valence-electron chi connectivity index (χ2n) is 10.5. The Hall–Kier alpha value is 0.222. The van der Waals surface area contributed by atoms with Gasteiger partial charge in [-0.25, -0.2) is 23.3 Å². The summed E-state index contributed by atoms with van der Waals surface area (Å²) >= 11 is 0. The molecule has 0 aliphatic heterocycles. The molecule has 37 heavy (non-hydrogen) atoms. The quantitative estimate of drug-likeness (QED) is 0.0814. The van der Waals surface area contributed by atoms with E-state index in [1.807, 2.05) is 0 Å². The molecule has 0 bridgehead atoms. The molecule has 0 radical (unpaired) electrons. The van der Waals surface area contributed by atoms with Crippen LogP contribution in [0, 0.1) is 0 Å². The first-order chi connectivity index (χ1) is 17.7. The minimum absolute atomic E-state index is 0. The average molecular weight is 641 g/mol. The van der Waals surface area contributed by atoms with E-state index in [1.54, 1.807) is 37.0 Å². The summed E-state index contributed by atoms with van der Waals surface area (Å²) in [5.74, 6) is 0. The van der Waals surface area contributed by atoms with Gasteiger partial charge in [0, 0.05) is 15.8 Å². The summed E-state index contributed by atoms with van der Waals surface area (Å²) < 4.78 is 0. The topological polar surface area (TPSA) is 0 Å². The molecule has 0 heterocycles. The molecule has 0 atom stereocenters. The van der Waals surface area contributed by atoms with E-state index < -0.39 is 0 Å². The van der Waals surface area contributed by atoms with E-state index in [9.17, 15) is 0 Å². The van der Waals surface area contributed by atoms with E-state index in [-0.39, 0.29) is 36.3 Å². The van der Waals surface area contributed by atoms with Gasteiger partial charge >= 0.3 is 20.4 Å². The van der Waals surface area contributed by atoms with Crippen molar-refractivity contribution in [3.63, 3.8) is 0 Å². The predicted octanol–water partition coefficient (Wildman–Crippen LogP) is 12.0. The van der Waals surface area contributed by atoms with Crippen molar-refractivity contribution in [1.82, 2.24) is 0 Å². The minimum atomic E-state index is 0.